The van der Waals surface area contributed by atoms with Crippen molar-refractivity contribution in [2.24, 2.45) is 11.7 Å². The molecule has 0 radical (unpaired) electrons. The van der Waals surface area contributed by atoms with Crippen molar-refractivity contribution in [3.8, 4) is 0 Å². The van der Waals surface area contributed by atoms with E-state index in [0.717, 1.165) is 0 Å². The minimum Gasteiger partial charge on any atom is -0.387 e. The summed E-state index contributed by atoms with van der Waals surface area (Å²) in [6.07, 6.45) is 1.97. The van der Waals surface area contributed by atoms with Crippen LogP contribution >= 0.6 is 0 Å². The van der Waals surface area contributed by atoms with Crippen LogP contribution in [0.4, 0.5) is 5.69 Å². The minimum absolute atomic E-state index is 0.00949. The molecule has 0 heterocycles. The fraction of sp³-hybridized carbons (Fsp3) is 0.308. The van der Waals surface area contributed by atoms with Gasteiger partial charge in [0.25, 0.3) is 15.9 Å². The van der Waals surface area contributed by atoms with Gasteiger partial charge in [0, 0.05) is 13.0 Å². The summed E-state index contributed by atoms with van der Waals surface area (Å²) in [7, 11) is -2.35. The van der Waals surface area contributed by atoms with Crippen LogP contribution in [-0.4, -0.2) is 26.9 Å². The standard InChI is InChI=1S/C13H17N3O3S/c1-3-9-8-13(9,14)12(17)16-20(18,19)11-7-5-4-6-10(11)15-2/h3-7,9,15H,1,8,14H2,2H3,(H,16,17)/t9-,13+/m1/s1. The number of sulfonamides is 1. The first-order valence-electron chi connectivity index (χ1n) is 6.10. The Morgan fingerprint density at radius 2 is 2.15 bits per heavy atom. The lowest BCUT2D eigenvalue weighted by Crippen LogP contribution is -2.46. The summed E-state index contributed by atoms with van der Waals surface area (Å²) in [6, 6.07) is 6.32. The zero-order chi connectivity index (χ0) is 15.0. The maximum absolute atomic E-state index is 12.2. The summed E-state index contributed by atoms with van der Waals surface area (Å²) >= 11 is 0. The number of nitrogens with one attached hydrogen (secondary N) is 2. The monoisotopic (exact) mass is 295 g/mol. The first-order valence-corrected chi connectivity index (χ1v) is 7.59. The number of carbonyl (C=O) groups is 1. The molecule has 1 saturated carbocycles. The first-order chi connectivity index (χ1) is 9.35. The number of nitrogens with two attached hydrogens (primary N) is 1. The van der Waals surface area contributed by atoms with Crippen molar-refractivity contribution in [2.45, 2.75) is 16.9 Å². The topological polar surface area (TPSA) is 101 Å². The SMILES string of the molecule is C=C[C@@H]1C[C@@]1(N)C(=O)NS(=O)(=O)c1ccccc1NC. The van der Waals surface area contributed by atoms with Crippen LogP contribution in [0.1, 0.15) is 6.42 Å². The zero-order valence-corrected chi connectivity index (χ0v) is 11.9. The molecule has 2 rings (SSSR count). The van der Waals surface area contributed by atoms with Gasteiger partial charge in [-0.1, -0.05) is 18.2 Å². The average molecular weight is 295 g/mol. The Kier molecular flexibility index (Phi) is 3.58. The van der Waals surface area contributed by atoms with Gasteiger partial charge >= 0.3 is 0 Å². The molecule has 1 aliphatic rings. The van der Waals surface area contributed by atoms with E-state index >= 15 is 0 Å². The number of amides is 1. The van der Waals surface area contributed by atoms with Crippen LogP contribution in [-0.2, 0) is 14.8 Å². The van der Waals surface area contributed by atoms with Gasteiger partial charge in [-0.3, -0.25) is 4.79 Å². The lowest BCUT2D eigenvalue weighted by Gasteiger charge is -2.14. The molecule has 1 aromatic rings. The molecule has 20 heavy (non-hydrogen) atoms. The lowest BCUT2D eigenvalue weighted by atomic mass is 10.2. The predicted molar refractivity (Wildman–Crippen MR) is 76.5 cm³/mol. The smallest absolute Gasteiger partial charge is 0.266 e. The van der Waals surface area contributed by atoms with Crippen molar-refractivity contribution in [2.75, 3.05) is 12.4 Å². The largest absolute Gasteiger partial charge is 0.387 e. The Morgan fingerprint density at radius 3 is 2.70 bits per heavy atom. The van der Waals surface area contributed by atoms with E-state index in [1.165, 1.54) is 6.07 Å². The Balaban J connectivity index is 2.24. The second kappa shape index (κ2) is 4.92. The molecule has 1 fully saturated rings. The van der Waals surface area contributed by atoms with Gasteiger partial charge in [-0.05, 0) is 18.6 Å². The van der Waals surface area contributed by atoms with Crippen molar-refractivity contribution in [1.82, 2.24) is 4.72 Å². The van der Waals surface area contributed by atoms with E-state index in [0.29, 0.717) is 12.1 Å². The number of hydrogen-bond donors (Lipinski definition) is 3. The number of rotatable bonds is 5. The summed E-state index contributed by atoms with van der Waals surface area (Å²) in [4.78, 5) is 12.0. The van der Waals surface area contributed by atoms with Gasteiger partial charge in [-0.2, -0.15) is 0 Å². The first kappa shape index (κ1) is 14.5. The summed E-state index contributed by atoms with van der Waals surface area (Å²) in [5, 5.41) is 2.77. The van der Waals surface area contributed by atoms with E-state index in [4.69, 9.17) is 5.73 Å². The van der Waals surface area contributed by atoms with Crippen LogP contribution in [0.3, 0.4) is 0 Å². The average Bonchev–Trinajstić information content (AvgIpc) is 3.11. The molecule has 0 spiro atoms. The Labute approximate surface area is 118 Å². The van der Waals surface area contributed by atoms with E-state index in [-0.39, 0.29) is 10.8 Å². The number of anilines is 1. The third-order valence-electron chi connectivity index (χ3n) is 3.44. The molecule has 0 bridgehead atoms. The number of benzene rings is 1. The molecule has 1 aromatic carbocycles. The molecule has 6 nitrogen and oxygen atoms in total. The number of carbonyl (C=O) groups excluding carboxylic acids is 1. The normalized spacial score (nSPS) is 24.8. The molecule has 2 atom stereocenters. The summed E-state index contributed by atoms with van der Waals surface area (Å²) in [5.41, 5.74) is 5.09. The van der Waals surface area contributed by atoms with E-state index < -0.39 is 21.5 Å². The second-order valence-corrected chi connectivity index (χ2v) is 6.42. The Bertz CT molecular complexity index is 657. The van der Waals surface area contributed by atoms with Crippen molar-refractivity contribution in [3.63, 3.8) is 0 Å². The predicted octanol–water partition coefficient (Wildman–Crippen LogP) is 0.437. The highest BCUT2D eigenvalue weighted by atomic mass is 32.2. The second-order valence-electron chi connectivity index (χ2n) is 4.77. The molecule has 1 aliphatic carbocycles. The molecular weight excluding hydrogens is 278 g/mol. The van der Waals surface area contributed by atoms with Gasteiger partial charge in [0.1, 0.15) is 10.4 Å². The highest BCUT2D eigenvalue weighted by Crippen LogP contribution is 2.42. The molecule has 0 aromatic heterocycles. The highest BCUT2D eigenvalue weighted by Gasteiger charge is 2.56. The van der Waals surface area contributed by atoms with Gasteiger partial charge in [0.05, 0.1) is 5.69 Å². The van der Waals surface area contributed by atoms with Crippen molar-refractivity contribution >= 4 is 21.6 Å². The van der Waals surface area contributed by atoms with E-state index in [1.807, 2.05) is 4.72 Å². The van der Waals surface area contributed by atoms with Crippen LogP contribution in [0.15, 0.2) is 41.8 Å². The van der Waals surface area contributed by atoms with Gasteiger partial charge < -0.3 is 11.1 Å². The van der Waals surface area contributed by atoms with Crippen molar-refractivity contribution in [3.05, 3.63) is 36.9 Å². The molecule has 0 saturated heterocycles. The van der Waals surface area contributed by atoms with Crippen molar-refractivity contribution in [1.29, 1.82) is 0 Å². The third kappa shape index (κ3) is 2.41. The minimum atomic E-state index is -3.95. The maximum Gasteiger partial charge on any atom is 0.266 e. The van der Waals surface area contributed by atoms with Crippen LogP contribution in [0.5, 0.6) is 0 Å². The molecule has 7 heteroatoms. The summed E-state index contributed by atoms with van der Waals surface area (Å²) < 4.78 is 26.5. The lowest BCUT2D eigenvalue weighted by molar-refractivity contribution is -0.121. The summed E-state index contributed by atoms with van der Waals surface area (Å²) in [5.74, 6) is -0.884. The van der Waals surface area contributed by atoms with Crippen LogP contribution in [0.2, 0.25) is 0 Å². The molecule has 0 unspecified atom stereocenters. The van der Waals surface area contributed by atoms with E-state index in [1.54, 1.807) is 31.3 Å². The third-order valence-corrected chi connectivity index (χ3v) is 4.83. The fourth-order valence-corrected chi connectivity index (χ4v) is 3.30. The Hall–Kier alpha value is -1.86. The Morgan fingerprint density at radius 1 is 1.50 bits per heavy atom. The van der Waals surface area contributed by atoms with Crippen LogP contribution in [0.25, 0.3) is 0 Å². The van der Waals surface area contributed by atoms with Gasteiger partial charge in [-0.25, -0.2) is 13.1 Å². The van der Waals surface area contributed by atoms with Gasteiger partial charge in [-0.15, -0.1) is 6.58 Å². The van der Waals surface area contributed by atoms with E-state index in [2.05, 4.69) is 11.9 Å². The maximum atomic E-state index is 12.2. The number of para-hydroxylation sites is 1. The molecule has 4 N–H and O–H groups in total. The van der Waals surface area contributed by atoms with Crippen LogP contribution in [0, 0.1) is 5.92 Å². The van der Waals surface area contributed by atoms with Gasteiger partial charge in [0.2, 0.25) is 0 Å². The molecule has 1 amide bonds. The van der Waals surface area contributed by atoms with E-state index in [9.17, 15) is 13.2 Å². The highest BCUT2D eigenvalue weighted by molar-refractivity contribution is 7.90. The van der Waals surface area contributed by atoms with Crippen LogP contribution < -0.4 is 15.8 Å². The molecular formula is C13H17N3O3S. The molecule has 108 valence electrons. The quantitative estimate of drug-likeness (QED) is 0.684. The van der Waals surface area contributed by atoms with Gasteiger partial charge in [0.15, 0.2) is 0 Å². The molecule has 0 aliphatic heterocycles. The fourth-order valence-electron chi connectivity index (χ4n) is 2.04. The zero-order valence-electron chi connectivity index (χ0n) is 11.1. The van der Waals surface area contributed by atoms with Crippen molar-refractivity contribution < 1.29 is 13.2 Å². The number of hydrogen-bond acceptors (Lipinski definition) is 5. The summed E-state index contributed by atoms with van der Waals surface area (Å²) in [6.45, 7) is 3.56.